The average molecular weight is 483 g/mol. The molecule has 2 heterocycles. The van der Waals surface area contributed by atoms with E-state index in [0.29, 0.717) is 16.4 Å². The minimum atomic E-state index is -0.466. The predicted molar refractivity (Wildman–Crippen MR) is 132 cm³/mol. The number of hydrogen-bond acceptors (Lipinski definition) is 6. The number of amides is 4. The second-order valence-electron chi connectivity index (χ2n) is 7.77. The highest BCUT2D eigenvalue weighted by Crippen LogP contribution is 2.26. The molecule has 0 bridgehead atoms. The summed E-state index contributed by atoms with van der Waals surface area (Å²) in [6, 6.07) is 20.1. The molecule has 35 heavy (non-hydrogen) atoms. The third-order valence-corrected chi connectivity index (χ3v) is 6.14. The molecular weight excluding hydrogens is 464 g/mol. The lowest BCUT2D eigenvalue weighted by Gasteiger charge is -2.13. The van der Waals surface area contributed by atoms with E-state index >= 15 is 0 Å². The van der Waals surface area contributed by atoms with Crippen LogP contribution < -0.4 is 10.6 Å². The Balaban J connectivity index is 1.31. The number of benzene rings is 3. The first-order chi connectivity index (χ1) is 17.0. The maximum atomic E-state index is 12.9. The monoisotopic (exact) mass is 482 g/mol. The molecule has 0 unspecified atom stereocenters. The van der Waals surface area contributed by atoms with Crippen molar-refractivity contribution >= 4 is 45.8 Å². The zero-order valence-corrected chi connectivity index (χ0v) is 19.0. The Kier molecular flexibility index (Phi) is 5.90. The molecule has 1 aliphatic rings. The van der Waals surface area contributed by atoms with Crippen LogP contribution >= 0.6 is 11.3 Å². The number of carbonyl (C=O) groups excluding carboxylic acids is 4. The van der Waals surface area contributed by atoms with Gasteiger partial charge in [0.2, 0.25) is 0 Å². The van der Waals surface area contributed by atoms with Crippen molar-refractivity contribution in [2.45, 2.75) is 6.54 Å². The van der Waals surface area contributed by atoms with Gasteiger partial charge in [0, 0.05) is 28.4 Å². The van der Waals surface area contributed by atoms with Crippen molar-refractivity contribution < 1.29 is 19.2 Å². The maximum Gasteiger partial charge on any atom is 0.261 e. The van der Waals surface area contributed by atoms with Crippen LogP contribution in [0.15, 0.2) is 84.4 Å². The summed E-state index contributed by atoms with van der Waals surface area (Å²) < 4.78 is 0. The molecule has 0 radical (unpaired) electrons. The van der Waals surface area contributed by atoms with Crippen LogP contribution in [0.5, 0.6) is 0 Å². The van der Waals surface area contributed by atoms with Crippen molar-refractivity contribution in [1.82, 2.24) is 9.88 Å². The van der Waals surface area contributed by atoms with Crippen LogP contribution in [0.25, 0.3) is 0 Å². The molecule has 5 rings (SSSR count). The normalized spacial score (nSPS) is 12.4. The summed E-state index contributed by atoms with van der Waals surface area (Å²) in [5.74, 6) is -1.65. The molecule has 1 aliphatic heterocycles. The van der Waals surface area contributed by atoms with Crippen LogP contribution in [-0.4, -0.2) is 33.5 Å². The van der Waals surface area contributed by atoms with Gasteiger partial charge in [0.05, 0.1) is 17.7 Å². The van der Waals surface area contributed by atoms with Crippen molar-refractivity contribution in [3.63, 3.8) is 0 Å². The van der Waals surface area contributed by atoms with Crippen molar-refractivity contribution in [3.05, 3.63) is 112 Å². The van der Waals surface area contributed by atoms with Gasteiger partial charge >= 0.3 is 0 Å². The van der Waals surface area contributed by atoms with E-state index in [9.17, 15) is 19.2 Å². The second-order valence-corrected chi connectivity index (χ2v) is 8.66. The molecule has 2 N–H and O–H groups in total. The predicted octanol–water partition coefficient (Wildman–Crippen LogP) is 4.44. The molecule has 4 aromatic rings. The highest BCUT2D eigenvalue weighted by Gasteiger charge is 2.36. The van der Waals surface area contributed by atoms with Gasteiger partial charge in [-0.3, -0.25) is 29.4 Å². The zero-order chi connectivity index (χ0) is 24.4. The largest absolute Gasteiger partial charge is 0.322 e. The van der Waals surface area contributed by atoms with E-state index in [0.717, 1.165) is 5.56 Å². The summed E-state index contributed by atoms with van der Waals surface area (Å²) in [5, 5.41) is 7.66. The van der Waals surface area contributed by atoms with Crippen molar-refractivity contribution in [2.75, 3.05) is 10.6 Å². The third kappa shape index (κ3) is 4.57. The highest BCUT2D eigenvalue weighted by atomic mass is 32.1. The molecule has 1 aromatic heterocycles. The summed E-state index contributed by atoms with van der Waals surface area (Å²) in [5.41, 5.74) is 2.28. The van der Waals surface area contributed by atoms with E-state index in [4.69, 9.17) is 0 Å². The van der Waals surface area contributed by atoms with Crippen LogP contribution in [0.4, 0.5) is 10.8 Å². The molecule has 172 valence electrons. The Morgan fingerprint density at radius 1 is 0.800 bits per heavy atom. The van der Waals surface area contributed by atoms with Crippen LogP contribution in [0.3, 0.4) is 0 Å². The summed E-state index contributed by atoms with van der Waals surface area (Å²) in [6.07, 6.45) is 1.59. The number of aromatic nitrogens is 1. The maximum absolute atomic E-state index is 12.9. The van der Waals surface area contributed by atoms with Crippen LogP contribution in [0, 0.1) is 0 Å². The topological polar surface area (TPSA) is 108 Å². The number of carbonyl (C=O) groups is 4. The first kappa shape index (κ1) is 22.2. The lowest BCUT2D eigenvalue weighted by Crippen LogP contribution is -2.29. The Hall–Kier alpha value is -4.63. The lowest BCUT2D eigenvalue weighted by molar-refractivity contribution is 0.0642. The van der Waals surface area contributed by atoms with E-state index in [1.165, 1.54) is 34.4 Å². The van der Waals surface area contributed by atoms with Gasteiger partial charge in [-0.15, -0.1) is 11.3 Å². The van der Waals surface area contributed by atoms with E-state index < -0.39 is 11.8 Å². The molecule has 0 fully saturated rings. The number of anilines is 2. The van der Waals surface area contributed by atoms with Gasteiger partial charge < -0.3 is 5.32 Å². The van der Waals surface area contributed by atoms with E-state index in [1.54, 1.807) is 35.8 Å². The van der Waals surface area contributed by atoms with Gasteiger partial charge in [-0.2, -0.15) is 0 Å². The van der Waals surface area contributed by atoms with Gasteiger partial charge in [0.25, 0.3) is 23.6 Å². The van der Waals surface area contributed by atoms with Gasteiger partial charge in [-0.1, -0.05) is 36.4 Å². The fraction of sp³-hybridized carbons (Fsp3) is 0.0385. The Morgan fingerprint density at radius 2 is 1.54 bits per heavy atom. The van der Waals surface area contributed by atoms with E-state index in [-0.39, 0.29) is 35.0 Å². The number of fused-ring (bicyclic) bond motifs is 1. The number of nitrogens with one attached hydrogen (secondary N) is 2. The lowest BCUT2D eigenvalue weighted by atomic mass is 10.1. The molecule has 4 amide bonds. The minimum Gasteiger partial charge on any atom is -0.322 e. The van der Waals surface area contributed by atoms with Gasteiger partial charge in [-0.25, -0.2) is 4.98 Å². The summed E-state index contributed by atoms with van der Waals surface area (Å²) in [7, 11) is 0. The molecule has 0 saturated carbocycles. The molecule has 0 atom stereocenters. The molecule has 8 nitrogen and oxygen atoms in total. The summed E-state index contributed by atoms with van der Waals surface area (Å²) in [6.45, 7) is 0.157. The van der Waals surface area contributed by atoms with Crippen LogP contribution in [-0.2, 0) is 6.54 Å². The Bertz CT molecular complexity index is 1450. The number of hydrogen-bond donors (Lipinski definition) is 2. The standard InChI is InChI=1S/C26H18N4O4S/c31-22(28-19-8-4-7-17(13-19)23(32)29-26-27-11-12-35-26)18-9-10-20-21(14-18)25(34)30(24(20)33)15-16-5-2-1-3-6-16/h1-14H,15H2,(H,28,31)(H,27,29,32). The number of rotatable bonds is 6. The average Bonchev–Trinajstić information content (AvgIpc) is 3.47. The number of thiazole rings is 1. The van der Waals surface area contributed by atoms with Crippen molar-refractivity contribution in [2.24, 2.45) is 0 Å². The Morgan fingerprint density at radius 3 is 2.31 bits per heavy atom. The Labute approximate surface area is 204 Å². The van der Waals surface area contributed by atoms with Gasteiger partial charge in [0.1, 0.15) is 0 Å². The number of nitrogens with zero attached hydrogens (tertiary/aromatic N) is 2. The van der Waals surface area contributed by atoms with Crippen LogP contribution in [0.2, 0.25) is 0 Å². The third-order valence-electron chi connectivity index (χ3n) is 5.45. The highest BCUT2D eigenvalue weighted by molar-refractivity contribution is 7.13. The fourth-order valence-electron chi connectivity index (χ4n) is 3.74. The molecule has 3 aromatic carbocycles. The summed E-state index contributed by atoms with van der Waals surface area (Å²) in [4.78, 5) is 56.2. The fourth-order valence-corrected chi connectivity index (χ4v) is 4.26. The summed E-state index contributed by atoms with van der Waals surface area (Å²) >= 11 is 1.30. The first-order valence-electron chi connectivity index (χ1n) is 10.7. The minimum absolute atomic E-state index is 0.157. The molecule has 0 spiro atoms. The smallest absolute Gasteiger partial charge is 0.261 e. The molecule has 0 aliphatic carbocycles. The van der Waals surface area contributed by atoms with Gasteiger partial charge in [0.15, 0.2) is 5.13 Å². The van der Waals surface area contributed by atoms with E-state index in [2.05, 4.69) is 15.6 Å². The zero-order valence-electron chi connectivity index (χ0n) is 18.2. The molecular formula is C26H18N4O4S. The molecule has 0 saturated heterocycles. The van der Waals surface area contributed by atoms with E-state index in [1.807, 2.05) is 30.3 Å². The van der Waals surface area contributed by atoms with Crippen molar-refractivity contribution in [1.29, 1.82) is 0 Å². The first-order valence-corrected chi connectivity index (χ1v) is 11.5. The van der Waals surface area contributed by atoms with Crippen molar-refractivity contribution in [3.8, 4) is 0 Å². The quantitative estimate of drug-likeness (QED) is 0.395. The van der Waals surface area contributed by atoms with Gasteiger partial charge in [-0.05, 0) is 42.0 Å². The SMILES string of the molecule is O=C(Nc1cccc(C(=O)Nc2nccs2)c1)c1ccc2c(c1)C(=O)N(Cc1ccccc1)C2=O. The second kappa shape index (κ2) is 9.32. The van der Waals surface area contributed by atoms with Crippen LogP contribution in [0.1, 0.15) is 47.0 Å². The molecule has 9 heteroatoms. The number of imide groups is 1.